The third-order valence-corrected chi connectivity index (χ3v) is 3.13. The molecule has 2 aromatic carbocycles. The van der Waals surface area contributed by atoms with Crippen molar-refractivity contribution in [3.8, 4) is 5.75 Å². The number of halogens is 4. The third-order valence-electron chi connectivity index (χ3n) is 3.13. The molecule has 1 N–H and O–H groups in total. The monoisotopic (exact) mass is 356 g/mol. The summed E-state index contributed by atoms with van der Waals surface area (Å²) in [5.74, 6) is -1.08. The van der Waals surface area contributed by atoms with Crippen LogP contribution in [0.25, 0.3) is 0 Å². The van der Waals surface area contributed by atoms with Gasteiger partial charge in [-0.05, 0) is 42.9 Å². The molecule has 0 radical (unpaired) electrons. The normalized spacial score (nSPS) is 11.4. The van der Waals surface area contributed by atoms with Crippen molar-refractivity contribution in [2.45, 2.75) is 12.9 Å². The molecule has 2 aromatic rings. The number of ether oxygens (including phenoxy) is 1. The summed E-state index contributed by atoms with van der Waals surface area (Å²) in [6, 6.07) is 10.9. The fourth-order valence-electron chi connectivity index (χ4n) is 2.18. The standard InChI is InChI=1S/C17H16F4N2O2/c1-23(11-16(24)22-14-4-2-3-13(18)9-14)10-12-5-7-15(8-6-12)25-17(19,20)21/h2-9H,10-11H2,1H3,(H,22,24). The van der Waals surface area contributed by atoms with Gasteiger partial charge in [0.05, 0.1) is 6.54 Å². The number of hydrogen-bond acceptors (Lipinski definition) is 3. The smallest absolute Gasteiger partial charge is 0.406 e. The molecule has 0 bridgehead atoms. The van der Waals surface area contributed by atoms with E-state index in [9.17, 15) is 22.4 Å². The Hall–Kier alpha value is -2.61. The molecule has 0 atom stereocenters. The topological polar surface area (TPSA) is 41.6 Å². The average Bonchev–Trinajstić information content (AvgIpc) is 2.47. The third kappa shape index (κ3) is 6.80. The lowest BCUT2D eigenvalue weighted by Crippen LogP contribution is -2.29. The van der Waals surface area contributed by atoms with Gasteiger partial charge in [-0.1, -0.05) is 18.2 Å². The maximum absolute atomic E-state index is 13.1. The Labute approximate surface area is 142 Å². The number of nitrogens with one attached hydrogen (secondary N) is 1. The van der Waals surface area contributed by atoms with Crippen molar-refractivity contribution >= 4 is 11.6 Å². The number of amides is 1. The second kappa shape index (κ2) is 7.98. The zero-order chi connectivity index (χ0) is 18.4. The van der Waals surface area contributed by atoms with Crippen LogP contribution < -0.4 is 10.1 Å². The summed E-state index contributed by atoms with van der Waals surface area (Å²) in [7, 11) is 1.69. The fourth-order valence-corrected chi connectivity index (χ4v) is 2.18. The summed E-state index contributed by atoms with van der Waals surface area (Å²) >= 11 is 0. The van der Waals surface area contributed by atoms with Crippen molar-refractivity contribution in [1.82, 2.24) is 4.90 Å². The van der Waals surface area contributed by atoms with E-state index in [0.29, 0.717) is 12.2 Å². The first-order valence-corrected chi connectivity index (χ1v) is 7.30. The van der Waals surface area contributed by atoms with Crippen molar-refractivity contribution in [1.29, 1.82) is 0 Å². The maximum atomic E-state index is 13.1. The molecular weight excluding hydrogens is 340 g/mol. The highest BCUT2D eigenvalue weighted by molar-refractivity contribution is 5.92. The van der Waals surface area contributed by atoms with Crippen LogP contribution in [0.3, 0.4) is 0 Å². The van der Waals surface area contributed by atoms with Gasteiger partial charge < -0.3 is 10.1 Å². The average molecular weight is 356 g/mol. The lowest BCUT2D eigenvalue weighted by atomic mass is 10.2. The number of nitrogens with zero attached hydrogens (tertiary/aromatic N) is 1. The summed E-state index contributed by atoms with van der Waals surface area (Å²) in [5.41, 5.74) is 1.07. The predicted molar refractivity (Wildman–Crippen MR) is 84.5 cm³/mol. The second-order valence-electron chi connectivity index (χ2n) is 5.42. The van der Waals surface area contributed by atoms with Gasteiger partial charge in [0.25, 0.3) is 0 Å². The summed E-state index contributed by atoms with van der Waals surface area (Å²) in [5, 5.41) is 2.57. The molecule has 0 fully saturated rings. The number of alkyl halides is 3. The Morgan fingerprint density at radius 2 is 1.84 bits per heavy atom. The zero-order valence-electron chi connectivity index (χ0n) is 13.3. The number of rotatable bonds is 6. The van der Waals surface area contributed by atoms with Crippen molar-refractivity contribution < 1.29 is 27.1 Å². The van der Waals surface area contributed by atoms with Gasteiger partial charge in [0.2, 0.25) is 5.91 Å². The molecular formula is C17H16F4N2O2. The van der Waals surface area contributed by atoms with E-state index >= 15 is 0 Å². The van der Waals surface area contributed by atoms with Crippen LogP contribution in [0.1, 0.15) is 5.56 Å². The molecule has 4 nitrogen and oxygen atoms in total. The lowest BCUT2D eigenvalue weighted by molar-refractivity contribution is -0.274. The molecule has 25 heavy (non-hydrogen) atoms. The van der Waals surface area contributed by atoms with E-state index in [1.165, 1.54) is 42.5 Å². The van der Waals surface area contributed by atoms with Gasteiger partial charge >= 0.3 is 6.36 Å². The molecule has 2 rings (SSSR count). The van der Waals surface area contributed by atoms with Gasteiger partial charge in [0.1, 0.15) is 11.6 Å². The highest BCUT2D eigenvalue weighted by Crippen LogP contribution is 2.23. The Kier molecular flexibility index (Phi) is 5.97. The predicted octanol–water partition coefficient (Wildman–Crippen LogP) is 3.79. The summed E-state index contributed by atoms with van der Waals surface area (Å²) in [6.45, 7) is 0.389. The Morgan fingerprint density at radius 1 is 1.16 bits per heavy atom. The number of carbonyl (C=O) groups excluding carboxylic acids is 1. The number of anilines is 1. The van der Waals surface area contributed by atoms with Crippen molar-refractivity contribution in [3.63, 3.8) is 0 Å². The van der Waals surface area contributed by atoms with Crippen molar-refractivity contribution in [2.75, 3.05) is 18.9 Å². The first-order chi connectivity index (χ1) is 11.7. The Bertz CT molecular complexity index is 717. The molecule has 0 aliphatic carbocycles. The van der Waals surface area contributed by atoms with Crippen LogP contribution in [0.4, 0.5) is 23.2 Å². The van der Waals surface area contributed by atoms with Crippen molar-refractivity contribution in [3.05, 3.63) is 59.9 Å². The van der Waals surface area contributed by atoms with Crippen LogP contribution >= 0.6 is 0 Å². The molecule has 0 saturated carbocycles. The van der Waals surface area contributed by atoms with E-state index in [-0.39, 0.29) is 18.2 Å². The molecule has 0 unspecified atom stereocenters. The number of benzene rings is 2. The maximum Gasteiger partial charge on any atom is 0.573 e. The fraction of sp³-hybridized carbons (Fsp3) is 0.235. The Balaban J connectivity index is 1.85. The van der Waals surface area contributed by atoms with E-state index in [1.54, 1.807) is 18.0 Å². The lowest BCUT2D eigenvalue weighted by Gasteiger charge is -2.17. The number of likely N-dealkylation sites (N-methyl/N-ethyl adjacent to an activating group) is 1. The first kappa shape index (κ1) is 18.7. The molecule has 0 spiro atoms. The van der Waals surface area contributed by atoms with Gasteiger partial charge in [-0.15, -0.1) is 13.2 Å². The minimum atomic E-state index is -4.73. The second-order valence-corrected chi connectivity index (χ2v) is 5.42. The van der Waals surface area contributed by atoms with Gasteiger partial charge in [-0.2, -0.15) is 0 Å². The zero-order valence-corrected chi connectivity index (χ0v) is 13.3. The first-order valence-electron chi connectivity index (χ1n) is 7.30. The molecule has 0 aliphatic heterocycles. The van der Waals surface area contributed by atoms with Crippen molar-refractivity contribution in [2.24, 2.45) is 0 Å². The van der Waals surface area contributed by atoms with Crippen LogP contribution in [0.15, 0.2) is 48.5 Å². The van der Waals surface area contributed by atoms with Gasteiger partial charge in [-0.25, -0.2) is 4.39 Å². The van der Waals surface area contributed by atoms with E-state index < -0.39 is 12.2 Å². The molecule has 8 heteroatoms. The number of carbonyl (C=O) groups is 1. The Morgan fingerprint density at radius 3 is 2.44 bits per heavy atom. The summed E-state index contributed by atoms with van der Waals surface area (Å²) < 4.78 is 53.2. The quantitative estimate of drug-likeness (QED) is 0.801. The molecule has 0 saturated heterocycles. The van der Waals surface area contributed by atoms with E-state index in [4.69, 9.17) is 0 Å². The molecule has 134 valence electrons. The minimum Gasteiger partial charge on any atom is -0.406 e. The van der Waals surface area contributed by atoms with E-state index in [1.807, 2.05) is 0 Å². The molecule has 0 aliphatic rings. The summed E-state index contributed by atoms with van der Waals surface area (Å²) in [6.07, 6.45) is -4.73. The SMILES string of the molecule is CN(CC(=O)Nc1cccc(F)c1)Cc1ccc(OC(F)(F)F)cc1. The number of hydrogen-bond donors (Lipinski definition) is 1. The van der Waals surface area contributed by atoms with Gasteiger partial charge in [0.15, 0.2) is 0 Å². The van der Waals surface area contributed by atoms with E-state index in [2.05, 4.69) is 10.1 Å². The molecule has 0 aromatic heterocycles. The van der Waals surface area contributed by atoms with Crippen LogP contribution in [0, 0.1) is 5.82 Å². The highest BCUT2D eigenvalue weighted by Gasteiger charge is 2.30. The van der Waals surface area contributed by atoms with Gasteiger partial charge in [0, 0.05) is 12.2 Å². The molecule has 1 amide bonds. The van der Waals surface area contributed by atoms with Gasteiger partial charge in [-0.3, -0.25) is 9.69 Å². The van der Waals surface area contributed by atoms with Crippen LogP contribution in [-0.4, -0.2) is 30.8 Å². The summed E-state index contributed by atoms with van der Waals surface area (Å²) in [4.78, 5) is 13.6. The minimum absolute atomic E-state index is 0.0390. The van der Waals surface area contributed by atoms with E-state index in [0.717, 1.165) is 5.56 Å². The van der Waals surface area contributed by atoms with Crippen LogP contribution in [0.2, 0.25) is 0 Å². The van der Waals surface area contributed by atoms with Crippen LogP contribution in [-0.2, 0) is 11.3 Å². The molecule has 0 heterocycles. The highest BCUT2D eigenvalue weighted by atomic mass is 19.4. The largest absolute Gasteiger partial charge is 0.573 e. The van der Waals surface area contributed by atoms with Crippen LogP contribution in [0.5, 0.6) is 5.75 Å².